The lowest BCUT2D eigenvalue weighted by molar-refractivity contribution is -0.160. The standard InChI is InChI=1S/C19H26N2O6/c1-6-27-19(24)16-14(18(23)26-5)13(17(22)25-4)15(20-16)11-7-9-12(10-8-11)21(2)3/h7-10,13-16,20H,6H2,1-5H3/t13-,14+,15+,16+/m0/s1. The first kappa shape index (κ1) is 20.7. The van der Waals surface area contributed by atoms with Crippen molar-refractivity contribution in [1.82, 2.24) is 5.32 Å². The van der Waals surface area contributed by atoms with Gasteiger partial charge in [-0.05, 0) is 24.6 Å². The summed E-state index contributed by atoms with van der Waals surface area (Å²) in [6.45, 7) is 1.84. The van der Waals surface area contributed by atoms with Gasteiger partial charge in [0.2, 0.25) is 0 Å². The molecule has 1 aliphatic rings. The average Bonchev–Trinajstić information content (AvgIpc) is 3.07. The van der Waals surface area contributed by atoms with Crippen LogP contribution in [0.3, 0.4) is 0 Å². The predicted molar refractivity (Wildman–Crippen MR) is 98.1 cm³/mol. The highest BCUT2D eigenvalue weighted by molar-refractivity contribution is 5.91. The topological polar surface area (TPSA) is 94.2 Å². The third kappa shape index (κ3) is 4.21. The van der Waals surface area contributed by atoms with Gasteiger partial charge >= 0.3 is 17.9 Å². The monoisotopic (exact) mass is 378 g/mol. The van der Waals surface area contributed by atoms with Crippen LogP contribution in [0.15, 0.2) is 24.3 Å². The zero-order chi connectivity index (χ0) is 20.1. The maximum absolute atomic E-state index is 12.5. The van der Waals surface area contributed by atoms with E-state index in [9.17, 15) is 14.4 Å². The lowest BCUT2D eigenvalue weighted by atomic mass is 9.84. The lowest BCUT2D eigenvalue weighted by Crippen LogP contribution is -2.42. The lowest BCUT2D eigenvalue weighted by Gasteiger charge is -2.21. The summed E-state index contributed by atoms with van der Waals surface area (Å²) in [5, 5.41) is 3.08. The third-order valence-electron chi connectivity index (χ3n) is 4.72. The van der Waals surface area contributed by atoms with Crippen LogP contribution in [0.5, 0.6) is 0 Å². The van der Waals surface area contributed by atoms with Gasteiger partial charge in [0.1, 0.15) is 6.04 Å². The van der Waals surface area contributed by atoms with Gasteiger partial charge in [-0.25, -0.2) is 0 Å². The Balaban J connectivity index is 2.46. The molecule has 8 nitrogen and oxygen atoms in total. The Morgan fingerprint density at radius 2 is 1.52 bits per heavy atom. The number of hydrogen-bond donors (Lipinski definition) is 1. The molecule has 0 bridgehead atoms. The molecule has 0 saturated carbocycles. The van der Waals surface area contributed by atoms with Crippen LogP contribution < -0.4 is 10.2 Å². The van der Waals surface area contributed by atoms with Gasteiger partial charge in [-0.15, -0.1) is 0 Å². The molecule has 0 amide bonds. The molecule has 0 aromatic heterocycles. The highest BCUT2D eigenvalue weighted by Gasteiger charge is 2.55. The Labute approximate surface area is 158 Å². The van der Waals surface area contributed by atoms with E-state index in [0.29, 0.717) is 0 Å². The van der Waals surface area contributed by atoms with Crippen LogP contribution in [-0.4, -0.2) is 58.9 Å². The number of nitrogens with zero attached hydrogens (tertiary/aromatic N) is 1. The normalized spacial score (nSPS) is 24.2. The van der Waals surface area contributed by atoms with Gasteiger partial charge in [-0.1, -0.05) is 12.1 Å². The van der Waals surface area contributed by atoms with Crippen molar-refractivity contribution in [3.05, 3.63) is 29.8 Å². The number of hydrogen-bond acceptors (Lipinski definition) is 8. The smallest absolute Gasteiger partial charge is 0.324 e. The van der Waals surface area contributed by atoms with E-state index in [1.54, 1.807) is 6.92 Å². The fourth-order valence-electron chi connectivity index (χ4n) is 3.38. The Morgan fingerprint density at radius 3 is 2.00 bits per heavy atom. The number of carbonyl (C=O) groups is 3. The fraction of sp³-hybridized carbons (Fsp3) is 0.526. The average molecular weight is 378 g/mol. The van der Waals surface area contributed by atoms with Gasteiger partial charge in [-0.3, -0.25) is 19.7 Å². The van der Waals surface area contributed by atoms with Crippen LogP contribution in [0.1, 0.15) is 18.5 Å². The van der Waals surface area contributed by atoms with E-state index < -0.39 is 41.8 Å². The number of carbonyl (C=O) groups excluding carboxylic acids is 3. The van der Waals surface area contributed by atoms with E-state index >= 15 is 0 Å². The minimum Gasteiger partial charge on any atom is -0.469 e. The maximum Gasteiger partial charge on any atom is 0.324 e. The van der Waals surface area contributed by atoms with E-state index in [1.807, 2.05) is 43.3 Å². The molecule has 27 heavy (non-hydrogen) atoms. The molecule has 148 valence electrons. The molecule has 1 fully saturated rings. The van der Waals surface area contributed by atoms with Crippen LogP contribution in [-0.2, 0) is 28.6 Å². The SMILES string of the molecule is CCOC(=O)[C@@H]1N[C@H](c2ccc(N(C)C)cc2)[C@@H](C(=O)OC)[C@H]1C(=O)OC. The first-order valence-electron chi connectivity index (χ1n) is 8.71. The summed E-state index contributed by atoms with van der Waals surface area (Å²) in [5.41, 5.74) is 1.74. The second-order valence-corrected chi connectivity index (χ2v) is 6.46. The fourth-order valence-corrected chi connectivity index (χ4v) is 3.38. The zero-order valence-corrected chi connectivity index (χ0v) is 16.2. The van der Waals surface area contributed by atoms with Crippen molar-refractivity contribution >= 4 is 23.6 Å². The van der Waals surface area contributed by atoms with Crippen molar-refractivity contribution in [3.8, 4) is 0 Å². The molecule has 1 aromatic carbocycles. The molecule has 1 aromatic rings. The molecule has 0 unspecified atom stereocenters. The number of ether oxygens (including phenoxy) is 3. The Hall–Kier alpha value is -2.61. The van der Waals surface area contributed by atoms with Crippen molar-refractivity contribution in [2.45, 2.75) is 19.0 Å². The van der Waals surface area contributed by atoms with Crippen molar-refractivity contribution in [2.24, 2.45) is 11.8 Å². The number of methoxy groups -OCH3 is 2. The summed E-state index contributed by atoms with van der Waals surface area (Å²) in [6.07, 6.45) is 0. The van der Waals surface area contributed by atoms with Crippen LogP contribution >= 0.6 is 0 Å². The highest BCUT2D eigenvalue weighted by Crippen LogP contribution is 2.39. The Morgan fingerprint density at radius 1 is 0.963 bits per heavy atom. The molecule has 1 N–H and O–H groups in total. The summed E-state index contributed by atoms with van der Waals surface area (Å²) in [7, 11) is 6.31. The molecule has 1 heterocycles. The van der Waals surface area contributed by atoms with Gasteiger partial charge in [0.25, 0.3) is 0 Å². The van der Waals surface area contributed by atoms with E-state index in [2.05, 4.69) is 5.32 Å². The van der Waals surface area contributed by atoms with Crippen molar-refractivity contribution in [1.29, 1.82) is 0 Å². The molecule has 2 rings (SSSR count). The van der Waals surface area contributed by atoms with E-state index in [-0.39, 0.29) is 6.61 Å². The van der Waals surface area contributed by atoms with Crippen molar-refractivity contribution in [3.63, 3.8) is 0 Å². The van der Waals surface area contributed by atoms with Gasteiger partial charge in [0.15, 0.2) is 0 Å². The molecule has 0 aliphatic carbocycles. The highest BCUT2D eigenvalue weighted by atomic mass is 16.5. The first-order valence-corrected chi connectivity index (χ1v) is 8.71. The molecule has 1 aliphatic heterocycles. The van der Waals surface area contributed by atoms with Gasteiger partial charge < -0.3 is 19.1 Å². The van der Waals surface area contributed by atoms with Crippen molar-refractivity contribution in [2.75, 3.05) is 39.8 Å². The largest absolute Gasteiger partial charge is 0.469 e. The number of rotatable bonds is 6. The molecular formula is C19H26N2O6. The molecule has 0 spiro atoms. The second kappa shape index (κ2) is 8.85. The predicted octanol–water partition coefficient (Wildman–Crippen LogP) is 0.907. The van der Waals surface area contributed by atoms with E-state index in [4.69, 9.17) is 14.2 Å². The second-order valence-electron chi connectivity index (χ2n) is 6.46. The van der Waals surface area contributed by atoms with Crippen LogP contribution in [0.4, 0.5) is 5.69 Å². The van der Waals surface area contributed by atoms with E-state index in [0.717, 1.165) is 11.3 Å². The Bertz CT molecular complexity index is 688. The summed E-state index contributed by atoms with van der Waals surface area (Å²) < 4.78 is 14.8. The summed E-state index contributed by atoms with van der Waals surface area (Å²) in [6, 6.07) is 5.91. The summed E-state index contributed by atoms with van der Waals surface area (Å²) in [5.74, 6) is -3.81. The quantitative estimate of drug-likeness (QED) is 0.577. The number of nitrogens with one attached hydrogen (secondary N) is 1. The summed E-state index contributed by atoms with van der Waals surface area (Å²) in [4.78, 5) is 39.2. The molecule has 1 saturated heterocycles. The summed E-state index contributed by atoms with van der Waals surface area (Å²) >= 11 is 0. The van der Waals surface area contributed by atoms with Gasteiger partial charge in [0.05, 0.1) is 32.7 Å². The molecule has 4 atom stereocenters. The van der Waals surface area contributed by atoms with Gasteiger partial charge in [0, 0.05) is 25.8 Å². The van der Waals surface area contributed by atoms with Crippen LogP contribution in [0.25, 0.3) is 0 Å². The van der Waals surface area contributed by atoms with E-state index in [1.165, 1.54) is 14.2 Å². The van der Waals surface area contributed by atoms with Crippen molar-refractivity contribution < 1.29 is 28.6 Å². The minimum absolute atomic E-state index is 0.163. The molecule has 8 heteroatoms. The molecular weight excluding hydrogens is 352 g/mol. The third-order valence-corrected chi connectivity index (χ3v) is 4.72. The number of anilines is 1. The number of benzene rings is 1. The minimum atomic E-state index is -1.04. The zero-order valence-electron chi connectivity index (χ0n) is 16.2. The Kier molecular flexibility index (Phi) is 6.79. The van der Waals surface area contributed by atoms with Crippen LogP contribution in [0, 0.1) is 11.8 Å². The molecule has 0 radical (unpaired) electrons. The first-order chi connectivity index (χ1) is 12.8. The van der Waals surface area contributed by atoms with Gasteiger partial charge in [-0.2, -0.15) is 0 Å². The number of esters is 3. The maximum atomic E-state index is 12.5. The van der Waals surface area contributed by atoms with Crippen LogP contribution in [0.2, 0.25) is 0 Å².